The maximum Gasteiger partial charge on any atom is 0.258 e. The number of aryl methyl sites for hydroxylation is 1. The van der Waals surface area contributed by atoms with E-state index in [0.29, 0.717) is 30.0 Å². The van der Waals surface area contributed by atoms with E-state index < -0.39 is 33.9 Å². The maximum absolute atomic E-state index is 13.8. The van der Waals surface area contributed by atoms with Crippen molar-refractivity contribution in [3.63, 3.8) is 0 Å². The van der Waals surface area contributed by atoms with Crippen LogP contribution in [0.15, 0.2) is 58.4 Å². The Morgan fingerprint density at radius 3 is 2.45 bits per heavy atom. The minimum absolute atomic E-state index is 0.00133. The Balaban J connectivity index is 1.70. The summed E-state index contributed by atoms with van der Waals surface area (Å²) in [5, 5.41) is 3.11. The summed E-state index contributed by atoms with van der Waals surface area (Å²) in [5.74, 6) is -0.567. The lowest BCUT2D eigenvalue weighted by Crippen LogP contribution is -2.38. The number of sulfonamides is 1. The average Bonchev–Trinajstić information content (AvgIpc) is 2.78. The number of hydrogen-bond donors (Lipinski definition) is 1. The third kappa shape index (κ3) is 4.69. The topological polar surface area (TPSA) is 88.5 Å². The van der Waals surface area contributed by atoms with Gasteiger partial charge in [0.2, 0.25) is 15.9 Å². The standard InChI is InChI=1S/C24H26FN3O4S/c1-16-9-11-28(12-10-16)33(31,32)22-14-27(24(30)20-6-4-3-5-19(20)22)15-23(29)26-18-8-7-17(2)21(25)13-18/h3-8,13-14,16H,9-12,15H2,1-2H3,(H,26,29). The van der Waals surface area contributed by atoms with Crippen molar-refractivity contribution in [2.45, 2.75) is 38.1 Å². The van der Waals surface area contributed by atoms with E-state index in [4.69, 9.17) is 0 Å². The van der Waals surface area contributed by atoms with Gasteiger partial charge in [-0.1, -0.05) is 31.2 Å². The lowest BCUT2D eigenvalue weighted by Gasteiger charge is -2.30. The van der Waals surface area contributed by atoms with Crippen molar-refractivity contribution in [2.75, 3.05) is 18.4 Å². The summed E-state index contributed by atoms with van der Waals surface area (Å²) in [6.45, 7) is 4.13. The van der Waals surface area contributed by atoms with Crippen molar-refractivity contribution in [1.82, 2.24) is 8.87 Å². The van der Waals surface area contributed by atoms with Crippen molar-refractivity contribution >= 4 is 32.4 Å². The summed E-state index contributed by atoms with van der Waals surface area (Å²) in [4.78, 5) is 25.6. The quantitative estimate of drug-likeness (QED) is 0.617. The number of aromatic nitrogens is 1. The molecule has 1 aromatic heterocycles. The van der Waals surface area contributed by atoms with Crippen LogP contribution in [-0.4, -0.2) is 36.3 Å². The highest BCUT2D eigenvalue weighted by Gasteiger charge is 2.30. The fourth-order valence-electron chi connectivity index (χ4n) is 4.02. The molecule has 1 fully saturated rings. The number of rotatable bonds is 5. The highest BCUT2D eigenvalue weighted by atomic mass is 32.2. The van der Waals surface area contributed by atoms with Crippen LogP contribution in [-0.2, 0) is 21.4 Å². The molecule has 0 saturated carbocycles. The van der Waals surface area contributed by atoms with E-state index in [1.807, 2.05) is 0 Å². The van der Waals surface area contributed by atoms with E-state index in [9.17, 15) is 22.4 Å². The smallest absolute Gasteiger partial charge is 0.258 e. The molecule has 0 unspecified atom stereocenters. The average molecular weight is 472 g/mol. The van der Waals surface area contributed by atoms with Gasteiger partial charge in [-0.15, -0.1) is 0 Å². The van der Waals surface area contributed by atoms with Crippen molar-refractivity contribution in [1.29, 1.82) is 0 Å². The zero-order chi connectivity index (χ0) is 23.8. The molecule has 0 bridgehead atoms. The molecule has 2 heterocycles. The molecule has 0 atom stereocenters. The Kier molecular flexibility index (Phi) is 6.36. The van der Waals surface area contributed by atoms with Gasteiger partial charge in [0.05, 0.1) is 0 Å². The summed E-state index contributed by atoms with van der Waals surface area (Å²) >= 11 is 0. The van der Waals surface area contributed by atoms with Crippen LogP contribution in [0.1, 0.15) is 25.3 Å². The molecule has 174 valence electrons. The Bertz CT molecular complexity index is 1380. The van der Waals surface area contributed by atoms with E-state index >= 15 is 0 Å². The number of halogens is 1. The van der Waals surface area contributed by atoms with Crippen molar-refractivity contribution < 1.29 is 17.6 Å². The van der Waals surface area contributed by atoms with E-state index in [2.05, 4.69) is 12.2 Å². The van der Waals surface area contributed by atoms with Crippen LogP contribution < -0.4 is 10.9 Å². The number of carbonyl (C=O) groups excluding carboxylic acids is 1. The number of benzene rings is 2. The van der Waals surface area contributed by atoms with Crippen molar-refractivity contribution in [2.24, 2.45) is 5.92 Å². The fourth-order valence-corrected chi connectivity index (χ4v) is 5.71. The van der Waals surface area contributed by atoms with Crippen molar-refractivity contribution in [3.8, 4) is 0 Å². The number of carbonyl (C=O) groups is 1. The number of hydrogen-bond acceptors (Lipinski definition) is 4. The summed E-state index contributed by atoms with van der Waals surface area (Å²) in [5.41, 5.74) is 0.231. The van der Waals surface area contributed by atoms with E-state index in [0.717, 1.165) is 17.4 Å². The lowest BCUT2D eigenvalue weighted by atomic mass is 10.0. The number of pyridine rings is 1. The van der Waals surface area contributed by atoms with Gasteiger partial charge in [0.25, 0.3) is 5.56 Å². The normalized spacial score (nSPS) is 15.6. The second-order valence-electron chi connectivity index (χ2n) is 8.57. The van der Waals surface area contributed by atoms with Gasteiger partial charge in [0.1, 0.15) is 17.3 Å². The molecule has 9 heteroatoms. The van der Waals surface area contributed by atoms with E-state index in [-0.39, 0.29) is 16.0 Å². The molecule has 2 aromatic carbocycles. The van der Waals surface area contributed by atoms with Crippen LogP contribution >= 0.6 is 0 Å². The molecule has 0 spiro atoms. The molecule has 4 rings (SSSR count). The van der Waals surface area contributed by atoms with Crippen LogP contribution in [0.5, 0.6) is 0 Å². The third-order valence-corrected chi connectivity index (χ3v) is 8.01. The van der Waals surface area contributed by atoms with Crippen LogP contribution in [0.2, 0.25) is 0 Å². The molecule has 1 amide bonds. The number of fused-ring (bicyclic) bond motifs is 1. The molecule has 1 saturated heterocycles. The predicted octanol–water partition coefficient (Wildman–Crippen LogP) is 3.51. The zero-order valence-electron chi connectivity index (χ0n) is 18.5. The SMILES string of the molecule is Cc1ccc(NC(=O)Cn2cc(S(=O)(=O)N3CCC(C)CC3)c3ccccc3c2=O)cc1F. The monoisotopic (exact) mass is 471 g/mol. The van der Waals surface area contributed by atoms with Gasteiger partial charge in [0, 0.05) is 35.7 Å². The summed E-state index contributed by atoms with van der Waals surface area (Å²) < 4.78 is 43.3. The third-order valence-electron chi connectivity index (χ3n) is 6.09. The second kappa shape index (κ2) is 9.07. The molecule has 7 nitrogen and oxygen atoms in total. The van der Waals surface area contributed by atoms with Gasteiger partial charge in [-0.25, -0.2) is 12.8 Å². The Morgan fingerprint density at radius 1 is 1.12 bits per heavy atom. The molecule has 1 aliphatic rings. The van der Waals surface area contributed by atoms with Crippen LogP contribution in [0, 0.1) is 18.7 Å². The number of amides is 1. The minimum Gasteiger partial charge on any atom is -0.324 e. The Morgan fingerprint density at radius 2 is 1.79 bits per heavy atom. The second-order valence-corrected chi connectivity index (χ2v) is 10.5. The fraction of sp³-hybridized carbons (Fsp3) is 0.333. The first-order valence-corrected chi connectivity index (χ1v) is 12.3. The first-order valence-electron chi connectivity index (χ1n) is 10.8. The number of nitrogens with zero attached hydrogens (tertiary/aromatic N) is 2. The van der Waals surface area contributed by atoms with Crippen LogP contribution in [0.3, 0.4) is 0 Å². The molecule has 0 radical (unpaired) electrons. The van der Waals surface area contributed by atoms with Gasteiger partial charge in [-0.2, -0.15) is 4.31 Å². The molecule has 3 aromatic rings. The Hall–Kier alpha value is -3.04. The van der Waals surface area contributed by atoms with Crippen LogP contribution in [0.25, 0.3) is 10.8 Å². The molecule has 1 N–H and O–H groups in total. The van der Waals surface area contributed by atoms with E-state index in [1.54, 1.807) is 37.3 Å². The highest BCUT2D eigenvalue weighted by molar-refractivity contribution is 7.89. The largest absolute Gasteiger partial charge is 0.324 e. The number of anilines is 1. The summed E-state index contributed by atoms with van der Waals surface area (Å²) in [6, 6.07) is 10.8. The number of nitrogens with one attached hydrogen (secondary N) is 1. The highest BCUT2D eigenvalue weighted by Crippen LogP contribution is 2.27. The van der Waals surface area contributed by atoms with Crippen molar-refractivity contribution in [3.05, 3.63) is 70.4 Å². The predicted molar refractivity (Wildman–Crippen MR) is 125 cm³/mol. The summed E-state index contributed by atoms with van der Waals surface area (Å²) in [7, 11) is -3.86. The first kappa shape index (κ1) is 23.1. The molecule has 1 aliphatic heterocycles. The van der Waals surface area contributed by atoms with Gasteiger partial charge >= 0.3 is 0 Å². The number of piperidine rings is 1. The van der Waals surface area contributed by atoms with Crippen LogP contribution in [0.4, 0.5) is 10.1 Å². The van der Waals surface area contributed by atoms with Gasteiger partial charge in [-0.05, 0) is 49.4 Å². The Labute approximate surface area is 191 Å². The zero-order valence-corrected chi connectivity index (χ0v) is 19.4. The van der Waals surface area contributed by atoms with Gasteiger partial charge in [0.15, 0.2) is 0 Å². The van der Waals surface area contributed by atoms with Gasteiger partial charge in [-0.3, -0.25) is 9.59 Å². The van der Waals surface area contributed by atoms with E-state index in [1.165, 1.54) is 22.6 Å². The molecule has 0 aliphatic carbocycles. The maximum atomic E-state index is 13.8. The van der Waals surface area contributed by atoms with Gasteiger partial charge < -0.3 is 9.88 Å². The summed E-state index contributed by atoms with van der Waals surface area (Å²) in [6.07, 6.45) is 2.78. The first-order chi connectivity index (χ1) is 15.7. The molecule has 33 heavy (non-hydrogen) atoms. The lowest BCUT2D eigenvalue weighted by molar-refractivity contribution is -0.116. The molecular formula is C24H26FN3O4S. The molecular weight excluding hydrogens is 445 g/mol. The minimum atomic E-state index is -3.86.